The van der Waals surface area contributed by atoms with Crippen LogP contribution in [0.15, 0.2) is 42.6 Å². The molecule has 0 spiro atoms. The van der Waals surface area contributed by atoms with E-state index >= 15 is 0 Å². The van der Waals surface area contributed by atoms with Crippen LogP contribution in [-0.2, 0) is 0 Å². The molecule has 0 atom stereocenters. The third-order valence-electron chi connectivity index (χ3n) is 1.93. The Morgan fingerprint density at radius 2 is 1.77 bits per heavy atom. The van der Waals surface area contributed by atoms with Gasteiger partial charge in [0.05, 0.1) is 5.39 Å². The Morgan fingerprint density at radius 3 is 2.54 bits per heavy atom. The monoisotopic (exact) mass is 176 g/mol. The molecule has 4 nitrogen and oxygen atoms in total. The average molecular weight is 176 g/mol. The van der Waals surface area contributed by atoms with Crippen molar-refractivity contribution in [2.24, 2.45) is 0 Å². The second-order valence-electron chi connectivity index (χ2n) is 2.71. The largest absolute Gasteiger partial charge is 0.420 e. The third-order valence-corrected chi connectivity index (χ3v) is 1.93. The lowest BCUT2D eigenvalue weighted by molar-refractivity contribution is 0.0568. The third kappa shape index (κ3) is 0.717. The summed E-state index contributed by atoms with van der Waals surface area (Å²) in [6, 6.07) is 7.14. The van der Waals surface area contributed by atoms with E-state index in [1.165, 1.54) is 0 Å². The van der Waals surface area contributed by atoms with E-state index in [1.54, 1.807) is 18.2 Å². The molecule has 2 aromatic heterocycles. The van der Waals surface area contributed by atoms with Crippen LogP contribution in [0.1, 0.15) is 0 Å². The molecule has 0 radical (unpaired) electrons. The molecule has 1 aromatic carbocycles. The number of benzene rings is 1. The van der Waals surface area contributed by atoms with Crippen molar-refractivity contribution >= 4 is 22.1 Å². The maximum atomic E-state index is 11.1. The van der Waals surface area contributed by atoms with E-state index in [1.807, 2.05) is 6.07 Å². The molecular weight excluding hydrogens is 172 g/mol. The van der Waals surface area contributed by atoms with Gasteiger partial charge < -0.3 is 4.42 Å². The van der Waals surface area contributed by atoms with Crippen molar-refractivity contribution < 1.29 is 13.6 Å². The van der Waals surface area contributed by atoms with E-state index in [0.717, 1.165) is 5.39 Å². The van der Waals surface area contributed by atoms with Crippen LogP contribution in [0.4, 0.5) is 0 Å². The van der Waals surface area contributed by atoms with Gasteiger partial charge in [0.15, 0.2) is 0 Å². The van der Waals surface area contributed by atoms with Gasteiger partial charge in [0.1, 0.15) is 5.58 Å². The van der Waals surface area contributed by atoms with Crippen molar-refractivity contribution in [2.45, 2.75) is 0 Å². The van der Waals surface area contributed by atoms with E-state index in [-0.39, 0.29) is 5.58 Å². The van der Waals surface area contributed by atoms with Crippen LogP contribution >= 0.6 is 0 Å². The molecule has 0 saturated carbocycles. The summed E-state index contributed by atoms with van der Waals surface area (Å²) in [4.78, 5) is 11.1. The molecule has 2 heterocycles. The molecular formula is C9H4O4. The molecule has 0 amide bonds. The van der Waals surface area contributed by atoms with E-state index in [9.17, 15) is 4.79 Å². The van der Waals surface area contributed by atoms with Crippen molar-refractivity contribution in [1.82, 2.24) is 0 Å². The summed E-state index contributed by atoms with van der Waals surface area (Å²) in [5.41, 5.74) is 0.625. The van der Waals surface area contributed by atoms with Gasteiger partial charge in [-0.15, -0.1) is 0 Å². The van der Waals surface area contributed by atoms with Crippen molar-refractivity contribution in [2.75, 3.05) is 0 Å². The van der Waals surface area contributed by atoms with E-state index in [4.69, 9.17) is 8.99 Å². The van der Waals surface area contributed by atoms with E-state index < -0.39 is 5.63 Å². The van der Waals surface area contributed by atoms with Gasteiger partial charge >= 0.3 is 11.2 Å². The molecule has 0 aliphatic rings. The molecule has 64 valence electrons. The Morgan fingerprint density at radius 1 is 1.00 bits per heavy atom. The topological polar surface area (TPSA) is 56.5 Å². The molecule has 0 unspecified atom stereocenters. The smallest absolute Gasteiger partial charge is 0.388 e. The summed E-state index contributed by atoms with van der Waals surface area (Å²) < 4.78 is 14.2. The molecule has 3 aromatic rings. The van der Waals surface area contributed by atoms with E-state index in [0.29, 0.717) is 11.2 Å². The Kier molecular flexibility index (Phi) is 1.02. The molecule has 13 heavy (non-hydrogen) atoms. The highest BCUT2D eigenvalue weighted by molar-refractivity contribution is 5.98. The summed E-state index contributed by atoms with van der Waals surface area (Å²) >= 11 is 0. The minimum absolute atomic E-state index is 0.152. The number of rotatable bonds is 0. The van der Waals surface area contributed by atoms with Gasteiger partial charge in [-0.25, -0.2) is 4.79 Å². The van der Waals surface area contributed by atoms with Crippen molar-refractivity contribution in [3.63, 3.8) is 0 Å². The number of hydrogen-bond acceptors (Lipinski definition) is 4. The number of fused-ring (bicyclic) bond motifs is 3. The van der Waals surface area contributed by atoms with E-state index in [2.05, 4.69) is 4.58 Å². The first-order chi connectivity index (χ1) is 6.36. The minimum Gasteiger partial charge on any atom is -0.420 e. The normalized spacial score (nSPS) is 11.4. The van der Waals surface area contributed by atoms with Gasteiger partial charge in [0.2, 0.25) is 5.58 Å². The zero-order chi connectivity index (χ0) is 8.84. The zero-order valence-electron chi connectivity index (χ0n) is 6.44. The Bertz CT molecular complexity index is 620. The van der Waals surface area contributed by atoms with Gasteiger partial charge in [-0.3, -0.25) is 9.15 Å². The average Bonchev–Trinajstić information content (AvgIpc) is 2.04. The van der Waals surface area contributed by atoms with Crippen LogP contribution in [0.3, 0.4) is 0 Å². The molecule has 4 heteroatoms. The molecule has 0 fully saturated rings. The highest BCUT2D eigenvalue weighted by atomic mass is 17.0. The summed E-state index contributed by atoms with van der Waals surface area (Å²) in [6.45, 7) is 0. The van der Waals surface area contributed by atoms with Crippen LogP contribution in [-0.4, -0.2) is 0 Å². The Labute approximate surface area is 71.3 Å². The predicted molar refractivity (Wildman–Crippen MR) is 44.5 cm³/mol. The summed E-state index contributed by atoms with van der Waals surface area (Å²) in [6.07, 6.45) is 0. The van der Waals surface area contributed by atoms with Gasteiger partial charge in [0, 0.05) is 0 Å². The van der Waals surface area contributed by atoms with Crippen LogP contribution < -0.4 is 5.63 Å². The summed E-state index contributed by atoms with van der Waals surface area (Å²) in [7, 11) is 0. The fourth-order valence-electron chi connectivity index (χ4n) is 1.31. The maximum Gasteiger partial charge on any atom is 0.388 e. The van der Waals surface area contributed by atoms with Crippen LogP contribution in [0.2, 0.25) is 0 Å². The minimum atomic E-state index is -0.500. The molecule has 3 rings (SSSR count). The molecule has 0 bridgehead atoms. The lowest BCUT2D eigenvalue weighted by Crippen LogP contribution is -2.01. The number of para-hydroxylation sites is 1. The SMILES string of the molecule is O=c1oc2ccccc2c2ooc12. The van der Waals surface area contributed by atoms with Crippen LogP contribution in [0.5, 0.6) is 0 Å². The second kappa shape index (κ2) is 2.04. The fraction of sp³-hybridized carbons (Fsp3) is 0. The standard InChI is InChI=1S/C9H4O4/c10-9-8-7(12-13-8)5-3-1-2-4-6(5)11-9/h1-4H. The predicted octanol–water partition coefficient (Wildman–Crippen LogP) is 2.13. The molecule has 0 N–H and O–H groups in total. The van der Waals surface area contributed by atoms with Gasteiger partial charge in [-0.05, 0) is 12.1 Å². The summed E-state index contributed by atoms with van der Waals surface area (Å²) in [5.74, 6) is 0. The van der Waals surface area contributed by atoms with Gasteiger partial charge in [0.25, 0.3) is 0 Å². The quantitative estimate of drug-likeness (QED) is 0.389. The lowest BCUT2D eigenvalue weighted by Gasteiger charge is -1.99. The highest BCUT2D eigenvalue weighted by Crippen LogP contribution is 2.24. The van der Waals surface area contributed by atoms with Crippen LogP contribution in [0.25, 0.3) is 22.1 Å². The zero-order valence-corrected chi connectivity index (χ0v) is 6.44. The Hall–Kier alpha value is -1.97. The fourth-order valence-corrected chi connectivity index (χ4v) is 1.31. The first kappa shape index (κ1) is 6.54. The Balaban J connectivity index is 2.69. The molecule has 0 aliphatic carbocycles. The first-order valence-electron chi connectivity index (χ1n) is 3.76. The van der Waals surface area contributed by atoms with Gasteiger partial charge in [-0.2, -0.15) is 0 Å². The van der Waals surface area contributed by atoms with Crippen molar-refractivity contribution in [3.05, 3.63) is 34.7 Å². The van der Waals surface area contributed by atoms with Crippen LogP contribution in [0, 0.1) is 0 Å². The highest BCUT2D eigenvalue weighted by Gasteiger charge is 2.15. The second-order valence-corrected chi connectivity index (χ2v) is 2.71. The first-order valence-corrected chi connectivity index (χ1v) is 3.76. The van der Waals surface area contributed by atoms with Crippen molar-refractivity contribution in [1.29, 1.82) is 0 Å². The summed E-state index contributed by atoms with van der Waals surface area (Å²) in [5, 5.41) is 0.753. The molecule has 0 saturated heterocycles. The van der Waals surface area contributed by atoms with Gasteiger partial charge in [-0.1, -0.05) is 12.1 Å². The molecule has 0 aliphatic heterocycles. The number of hydrogen-bond donors (Lipinski definition) is 0. The maximum absolute atomic E-state index is 11.1. The van der Waals surface area contributed by atoms with Crippen molar-refractivity contribution in [3.8, 4) is 0 Å². The lowest BCUT2D eigenvalue weighted by atomic mass is 10.2.